The Morgan fingerprint density at radius 1 is 1.40 bits per heavy atom. The lowest BCUT2D eigenvalue weighted by molar-refractivity contribution is -0.117. The number of benzene rings is 1. The zero-order valence-electron chi connectivity index (χ0n) is 8.81. The maximum absolute atomic E-state index is 11.6. The number of epoxide rings is 1. The minimum Gasteiger partial charge on any atom is -0.362 e. The Kier molecular flexibility index (Phi) is 1.68. The SMILES string of the molecule is CC(=O)N1c2ccccc2[C@@H]2O[C@H]2[C@H]1C. The number of amides is 1. The van der Waals surface area contributed by atoms with Crippen LogP contribution in [0.5, 0.6) is 0 Å². The molecule has 0 saturated carbocycles. The number of ether oxygens (including phenoxy) is 1. The van der Waals surface area contributed by atoms with E-state index in [-0.39, 0.29) is 24.2 Å². The predicted octanol–water partition coefficient (Wildman–Crippen LogP) is 1.88. The van der Waals surface area contributed by atoms with Gasteiger partial charge >= 0.3 is 0 Å². The van der Waals surface area contributed by atoms with Crippen molar-refractivity contribution in [2.45, 2.75) is 32.1 Å². The average Bonchev–Trinajstić information content (AvgIpc) is 2.97. The van der Waals surface area contributed by atoms with Crippen LogP contribution in [0.3, 0.4) is 0 Å². The molecule has 0 aromatic heterocycles. The van der Waals surface area contributed by atoms with Gasteiger partial charge in [-0.05, 0) is 13.0 Å². The highest BCUT2D eigenvalue weighted by Gasteiger charge is 2.52. The van der Waals surface area contributed by atoms with E-state index in [2.05, 4.69) is 0 Å². The number of rotatable bonds is 0. The van der Waals surface area contributed by atoms with E-state index in [1.807, 2.05) is 36.1 Å². The molecule has 15 heavy (non-hydrogen) atoms. The van der Waals surface area contributed by atoms with Gasteiger partial charge in [-0.1, -0.05) is 18.2 Å². The third-order valence-corrected chi connectivity index (χ3v) is 3.25. The van der Waals surface area contributed by atoms with Crippen LogP contribution in [0.2, 0.25) is 0 Å². The quantitative estimate of drug-likeness (QED) is 0.603. The van der Waals surface area contributed by atoms with Crippen molar-refractivity contribution < 1.29 is 9.53 Å². The van der Waals surface area contributed by atoms with E-state index in [0.29, 0.717) is 0 Å². The average molecular weight is 203 g/mol. The molecule has 0 aliphatic carbocycles. The number of nitrogens with zero attached hydrogens (tertiary/aromatic N) is 1. The van der Waals surface area contributed by atoms with Crippen molar-refractivity contribution in [3.05, 3.63) is 29.8 Å². The first-order chi connectivity index (χ1) is 7.20. The Bertz CT molecular complexity index is 429. The second kappa shape index (κ2) is 2.83. The van der Waals surface area contributed by atoms with Crippen LogP contribution in [0, 0.1) is 0 Å². The van der Waals surface area contributed by atoms with Gasteiger partial charge in [-0.25, -0.2) is 0 Å². The van der Waals surface area contributed by atoms with Crippen LogP contribution >= 0.6 is 0 Å². The molecule has 0 unspecified atom stereocenters. The third-order valence-electron chi connectivity index (χ3n) is 3.25. The van der Waals surface area contributed by atoms with Gasteiger partial charge in [0.25, 0.3) is 0 Å². The Morgan fingerprint density at radius 2 is 2.13 bits per heavy atom. The van der Waals surface area contributed by atoms with Crippen molar-refractivity contribution in [1.29, 1.82) is 0 Å². The van der Waals surface area contributed by atoms with Crippen molar-refractivity contribution in [1.82, 2.24) is 0 Å². The lowest BCUT2D eigenvalue weighted by atomic mass is 9.97. The van der Waals surface area contributed by atoms with Crippen LogP contribution in [0.4, 0.5) is 5.69 Å². The Labute approximate surface area is 88.6 Å². The summed E-state index contributed by atoms with van der Waals surface area (Å²) in [6.45, 7) is 3.65. The van der Waals surface area contributed by atoms with E-state index in [4.69, 9.17) is 4.74 Å². The monoisotopic (exact) mass is 203 g/mol. The predicted molar refractivity (Wildman–Crippen MR) is 56.7 cm³/mol. The number of hydrogen-bond acceptors (Lipinski definition) is 2. The molecule has 78 valence electrons. The van der Waals surface area contributed by atoms with Crippen molar-refractivity contribution >= 4 is 11.6 Å². The van der Waals surface area contributed by atoms with E-state index >= 15 is 0 Å². The molecule has 3 nitrogen and oxygen atoms in total. The van der Waals surface area contributed by atoms with Gasteiger partial charge in [-0.3, -0.25) is 4.79 Å². The smallest absolute Gasteiger partial charge is 0.224 e. The summed E-state index contributed by atoms with van der Waals surface area (Å²) in [5.74, 6) is 0.0869. The number of hydrogen-bond donors (Lipinski definition) is 0. The molecule has 3 atom stereocenters. The number of anilines is 1. The van der Waals surface area contributed by atoms with E-state index in [9.17, 15) is 4.79 Å². The molecule has 1 amide bonds. The largest absolute Gasteiger partial charge is 0.362 e. The molecule has 0 radical (unpaired) electrons. The highest BCUT2D eigenvalue weighted by molar-refractivity contribution is 5.94. The highest BCUT2D eigenvalue weighted by Crippen LogP contribution is 2.50. The van der Waals surface area contributed by atoms with E-state index in [1.54, 1.807) is 6.92 Å². The topological polar surface area (TPSA) is 32.8 Å². The second-order valence-electron chi connectivity index (χ2n) is 4.21. The van der Waals surface area contributed by atoms with Crippen LogP contribution in [0.1, 0.15) is 25.5 Å². The normalized spacial score (nSPS) is 31.9. The first-order valence-electron chi connectivity index (χ1n) is 5.24. The fourth-order valence-corrected chi connectivity index (χ4v) is 2.51. The molecule has 1 saturated heterocycles. The number of para-hydroxylation sites is 1. The standard InChI is InChI=1S/C12H13NO2/c1-7-11-12(15-11)9-5-3-4-6-10(9)13(7)8(2)14/h3-7,11-12H,1-2H3/t7-,11+,12+/m1/s1. The Hall–Kier alpha value is -1.35. The second-order valence-corrected chi connectivity index (χ2v) is 4.21. The molecule has 0 N–H and O–H groups in total. The molecule has 1 aromatic carbocycles. The fraction of sp³-hybridized carbons (Fsp3) is 0.417. The lowest BCUT2D eigenvalue weighted by Gasteiger charge is -2.31. The van der Waals surface area contributed by atoms with Crippen molar-refractivity contribution in [2.24, 2.45) is 0 Å². The van der Waals surface area contributed by atoms with Gasteiger partial charge < -0.3 is 9.64 Å². The molecule has 2 aliphatic rings. The molecule has 0 spiro atoms. The summed E-state index contributed by atoms with van der Waals surface area (Å²) in [6.07, 6.45) is 0.413. The summed E-state index contributed by atoms with van der Waals surface area (Å²) in [7, 11) is 0. The first-order valence-corrected chi connectivity index (χ1v) is 5.24. The van der Waals surface area contributed by atoms with Gasteiger partial charge in [0.15, 0.2) is 0 Å². The van der Waals surface area contributed by atoms with Crippen molar-refractivity contribution in [3.63, 3.8) is 0 Å². The Balaban J connectivity index is 2.14. The lowest BCUT2D eigenvalue weighted by Crippen LogP contribution is -2.43. The molecule has 2 heterocycles. The molecular weight excluding hydrogens is 190 g/mol. The minimum atomic E-state index is 0.0869. The van der Waals surface area contributed by atoms with Gasteiger partial charge in [-0.2, -0.15) is 0 Å². The fourth-order valence-electron chi connectivity index (χ4n) is 2.51. The highest BCUT2D eigenvalue weighted by atomic mass is 16.6. The van der Waals surface area contributed by atoms with Crippen LogP contribution in [-0.4, -0.2) is 18.1 Å². The summed E-state index contributed by atoms with van der Waals surface area (Å²) in [6, 6.07) is 8.14. The van der Waals surface area contributed by atoms with Gasteiger partial charge in [-0.15, -0.1) is 0 Å². The van der Waals surface area contributed by atoms with Crippen LogP contribution in [-0.2, 0) is 9.53 Å². The molecule has 3 heteroatoms. The molecule has 1 fully saturated rings. The van der Waals surface area contributed by atoms with E-state index < -0.39 is 0 Å². The maximum Gasteiger partial charge on any atom is 0.224 e. The van der Waals surface area contributed by atoms with Crippen molar-refractivity contribution in [2.75, 3.05) is 4.90 Å². The summed E-state index contributed by atoms with van der Waals surface area (Å²) in [4.78, 5) is 13.4. The van der Waals surface area contributed by atoms with Gasteiger partial charge in [0.2, 0.25) is 5.91 Å². The molecular formula is C12H13NO2. The zero-order chi connectivity index (χ0) is 10.6. The van der Waals surface area contributed by atoms with E-state index in [1.165, 1.54) is 0 Å². The number of fused-ring (bicyclic) bond motifs is 3. The van der Waals surface area contributed by atoms with Crippen LogP contribution in [0.15, 0.2) is 24.3 Å². The minimum absolute atomic E-state index is 0.0869. The zero-order valence-corrected chi connectivity index (χ0v) is 8.81. The van der Waals surface area contributed by atoms with Crippen LogP contribution in [0.25, 0.3) is 0 Å². The summed E-state index contributed by atoms with van der Waals surface area (Å²) < 4.78 is 5.60. The summed E-state index contributed by atoms with van der Waals surface area (Å²) in [5.41, 5.74) is 2.16. The van der Waals surface area contributed by atoms with Gasteiger partial charge in [0, 0.05) is 18.2 Å². The number of carbonyl (C=O) groups excluding carboxylic acids is 1. The van der Waals surface area contributed by atoms with Gasteiger partial charge in [0.1, 0.15) is 12.2 Å². The molecule has 0 bridgehead atoms. The van der Waals surface area contributed by atoms with E-state index in [0.717, 1.165) is 11.3 Å². The summed E-state index contributed by atoms with van der Waals surface area (Å²) >= 11 is 0. The molecule has 3 rings (SSSR count). The maximum atomic E-state index is 11.6. The van der Waals surface area contributed by atoms with Crippen LogP contribution < -0.4 is 4.90 Å². The molecule has 1 aromatic rings. The Morgan fingerprint density at radius 3 is 2.87 bits per heavy atom. The first kappa shape index (κ1) is 8.92. The van der Waals surface area contributed by atoms with Crippen molar-refractivity contribution in [3.8, 4) is 0 Å². The third kappa shape index (κ3) is 1.13. The molecule has 2 aliphatic heterocycles. The summed E-state index contributed by atoms with van der Waals surface area (Å²) in [5, 5.41) is 0. The number of carbonyl (C=O) groups is 1. The van der Waals surface area contributed by atoms with Gasteiger partial charge in [0.05, 0.1) is 6.04 Å².